The Balaban J connectivity index is 1.89. The van der Waals surface area contributed by atoms with Crippen LogP contribution in [0.1, 0.15) is 35.7 Å². The first kappa shape index (κ1) is 18.7. The molecule has 25 heavy (non-hydrogen) atoms. The van der Waals surface area contributed by atoms with Gasteiger partial charge in [0.1, 0.15) is 11.6 Å². The van der Waals surface area contributed by atoms with Gasteiger partial charge in [0.2, 0.25) is 5.91 Å². The minimum Gasteiger partial charge on any atom is -0.326 e. The van der Waals surface area contributed by atoms with Gasteiger partial charge in [-0.25, -0.2) is 8.78 Å². The van der Waals surface area contributed by atoms with E-state index in [1.165, 1.54) is 0 Å². The second-order valence-electron chi connectivity index (χ2n) is 5.58. The van der Waals surface area contributed by atoms with Gasteiger partial charge >= 0.3 is 0 Å². The number of Topliss-reactive ketones (excluding diaryl/α,β-unsaturated/α-hetero) is 1. The molecule has 6 heteroatoms. The van der Waals surface area contributed by atoms with E-state index >= 15 is 0 Å². The molecule has 0 bridgehead atoms. The number of nitrogens with one attached hydrogen (secondary N) is 2. The third-order valence-electron chi connectivity index (χ3n) is 3.60. The number of amides is 1. The highest BCUT2D eigenvalue weighted by Gasteiger charge is 2.14. The van der Waals surface area contributed by atoms with Gasteiger partial charge in [0.15, 0.2) is 5.78 Å². The molecule has 0 radical (unpaired) electrons. The summed E-state index contributed by atoms with van der Waals surface area (Å²) in [6, 6.07) is 10.2. The average molecular weight is 346 g/mol. The lowest BCUT2D eigenvalue weighted by atomic mass is 10.1. The van der Waals surface area contributed by atoms with Crippen LogP contribution in [0.2, 0.25) is 0 Å². The van der Waals surface area contributed by atoms with Crippen LogP contribution in [0.4, 0.5) is 14.5 Å². The Hall–Kier alpha value is -2.60. The molecule has 0 unspecified atom stereocenters. The Labute approximate surface area is 145 Å². The molecule has 2 aromatic rings. The zero-order valence-corrected chi connectivity index (χ0v) is 13.9. The molecule has 0 fully saturated rings. The molecule has 0 atom stereocenters. The second-order valence-corrected chi connectivity index (χ2v) is 5.58. The Morgan fingerprint density at radius 2 is 1.84 bits per heavy atom. The van der Waals surface area contributed by atoms with Gasteiger partial charge in [0.25, 0.3) is 0 Å². The molecular formula is C19H20F2N2O2. The fraction of sp³-hybridized carbons (Fsp3) is 0.263. The summed E-state index contributed by atoms with van der Waals surface area (Å²) in [5.41, 5.74) is 1.46. The molecule has 2 rings (SSSR count). The van der Waals surface area contributed by atoms with Crippen LogP contribution in [0.25, 0.3) is 0 Å². The maximum atomic E-state index is 13.6. The molecule has 0 aliphatic rings. The summed E-state index contributed by atoms with van der Waals surface area (Å²) >= 11 is 0. The van der Waals surface area contributed by atoms with E-state index in [0.29, 0.717) is 18.3 Å². The first-order chi connectivity index (χ1) is 12.0. The zero-order valence-electron chi connectivity index (χ0n) is 13.9. The van der Waals surface area contributed by atoms with E-state index in [1.54, 1.807) is 6.07 Å². The molecular weight excluding hydrogens is 326 g/mol. The highest BCUT2D eigenvalue weighted by atomic mass is 19.1. The molecule has 2 aromatic carbocycles. The average Bonchev–Trinajstić information content (AvgIpc) is 2.58. The zero-order chi connectivity index (χ0) is 18.2. The van der Waals surface area contributed by atoms with E-state index in [1.807, 2.05) is 25.1 Å². The van der Waals surface area contributed by atoms with Crippen LogP contribution >= 0.6 is 0 Å². The van der Waals surface area contributed by atoms with Crippen molar-refractivity contribution >= 4 is 17.4 Å². The van der Waals surface area contributed by atoms with Crippen LogP contribution in [0.3, 0.4) is 0 Å². The summed E-state index contributed by atoms with van der Waals surface area (Å²) in [5.74, 6) is -2.53. The van der Waals surface area contributed by atoms with E-state index < -0.39 is 17.4 Å². The van der Waals surface area contributed by atoms with Crippen LogP contribution < -0.4 is 10.6 Å². The Kier molecular flexibility index (Phi) is 6.77. The lowest BCUT2D eigenvalue weighted by Crippen LogP contribution is -2.15. The van der Waals surface area contributed by atoms with Crippen LogP contribution in [0, 0.1) is 11.6 Å². The highest BCUT2D eigenvalue weighted by molar-refractivity contribution is 6.00. The van der Waals surface area contributed by atoms with Crippen molar-refractivity contribution in [2.24, 2.45) is 0 Å². The standard InChI is InChI=1S/C19H20F2N2O2/c1-2-22-12-13-4-3-5-15(10-13)23-19(25)9-8-18(24)16-7-6-14(20)11-17(16)21/h3-7,10-11,22H,2,8-9,12H2,1H3,(H,23,25). The number of hydrogen-bond donors (Lipinski definition) is 2. The first-order valence-corrected chi connectivity index (χ1v) is 8.07. The Morgan fingerprint density at radius 3 is 2.56 bits per heavy atom. The molecule has 0 aromatic heterocycles. The number of carbonyl (C=O) groups is 2. The molecule has 2 N–H and O–H groups in total. The molecule has 4 nitrogen and oxygen atoms in total. The fourth-order valence-corrected chi connectivity index (χ4v) is 2.33. The SMILES string of the molecule is CCNCc1cccc(NC(=O)CCC(=O)c2ccc(F)cc2F)c1. The molecule has 0 aliphatic heterocycles. The van der Waals surface area contributed by atoms with Crippen LogP contribution in [0.5, 0.6) is 0 Å². The van der Waals surface area contributed by atoms with Gasteiger partial charge in [-0.1, -0.05) is 19.1 Å². The number of ketones is 1. The van der Waals surface area contributed by atoms with E-state index in [-0.39, 0.29) is 24.3 Å². The molecule has 0 heterocycles. The topological polar surface area (TPSA) is 58.2 Å². The third kappa shape index (κ3) is 5.76. The summed E-state index contributed by atoms with van der Waals surface area (Å²) in [6.45, 7) is 3.55. The number of carbonyl (C=O) groups excluding carboxylic acids is 2. The lowest BCUT2D eigenvalue weighted by Gasteiger charge is -2.08. The van der Waals surface area contributed by atoms with Crippen LogP contribution in [-0.2, 0) is 11.3 Å². The van der Waals surface area contributed by atoms with Crippen LogP contribution in [0.15, 0.2) is 42.5 Å². The van der Waals surface area contributed by atoms with Crippen molar-refractivity contribution in [2.75, 3.05) is 11.9 Å². The van der Waals surface area contributed by atoms with Gasteiger partial charge in [0.05, 0.1) is 5.56 Å². The quantitative estimate of drug-likeness (QED) is 0.717. The van der Waals surface area contributed by atoms with Gasteiger partial charge < -0.3 is 10.6 Å². The number of halogens is 2. The van der Waals surface area contributed by atoms with Crippen molar-refractivity contribution in [3.63, 3.8) is 0 Å². The molecule has 0 spiro atoms. The van der Waals surface area contributed by atoms with Crippen molar-refractivity contribution in [3.05, 3.63) is 65.2 Å². The van der Waals surface area contributed by atoms with Crippen LogP contribution in [-0.4, -0.2) is 18.2 Å². The predicted octanol–water partition coefficient (Wildman–Crippen LogP) is 3.68. The Morgan fingerprint density at radius 1 is 1.04 bits per heavy atom. The molecule has 1 amide bonds. The van der Waals surface area contributed by atoms with Gasteiger partial charge in [0, 0.05) is 31.1 Å². The monoisotopic (exact) mass is 346 g/mol. The van der Waals surface area contributed by atoms with Crippen molar-refractivity contribution < 1.29 is 18.4 Å². The van der Waals surface area contributed by atoms with Crippen molar-refractivity contribution in [1.29, 1.82) is 0 Å². The normalized spacial score (nSPS) is 10.5. The van der Waals surface area contributed by atoms with Crippen molar-refractivity contribution in [1.82, 2.24) is 5.32 Å². The summed E-state index contributed by atoms with van der Waals surface area (Å²) in [5, 5.41) is 5.91. The Bertz CT molecular complexity index is 763. The highest BCUT2D eigenvalue weighted by Crippen LogP contribution is 2.14. The first-order valence-electron chi connectivity index (χ1n) is 8.07. The third-order valence-corrected chi connectivity index (χ3v) is 3.60. The van der Waals surface area contributed by atoms with E-state index in [0.717, 1.165) is 24.2 Å². The summed E-state index contributed by atoms with van der Waals surface area (Å²) in [4.78, 5) is 23.9. The minimum absolute atomic E-state index is 0.0763. The summed E-state index contributed by atoms with van der Waals surface area (Å²) in [6.07, 6.45) is -0.224. The molecule has 132 valence electrons. The van der Waals surface area contributed by atoms with Crippen molar-refractivity contribution in [2.45, 2.75) is 26.3 Å². The van der Waals surface area contributed by atoms with Gasteiger partial charge in [-0.15, -0.1) is 0 Å². The lowest BCUT2D eigenvalue weighted by molar-refractivity contribution is -0.116. The number of benzene rings is 2. The molecule has 0 saturated carbocycles. The summed E-state index contributed by atoms with van der Waals surface area (Å²) in [7, 11) is 0. The van der Waals surface area contributed by atoms with E-state index in [4.69, 9.17) is 0 Å². The number of anilines is 1. The molecule has 0 saturated heterocycles. The number of hydrogen-bond acceptors (Lipinski definition) is 3. The van der Waals surface area contributed by atoms with E-state index in [2.05, 4.69) is 10.6 Å². The maximum absolute atomic E-state index is 13.6. The summed E-state index contributed by atoms with van der Waals surface area (Å²) < 4.78 is 26.4. The van der Waals surface area contributed by atoms with Gasteiger partial charge in [-0.2, -0.15) is 0 Å². The smallest absolute Gasteiger partial charge is 0.224 e. The van der Waals surface area contributed by atoms with Gasteiger partial charge in [-0.3, -0.25) is 9.59 Å². The number of rotatable bonds is 8. The second kappa shape index (κ2) is 9.03. The van der Waals surface area contributed by atoms with Crippen molar-refractivity contribution in [3.8, 4) is 0 Å². The van der Waals surface area contributed by atoms with Gasteiger partial charge in [-0.05, 0) is 36.4 Å². The largest absolute Gasteiger partial charge is 0.326 e. The van der Waals surface area contributed by atoms with E-state index in [9.17, 15) is 18.4 Å². The fourth-order valence-electron chi connectivity index (χ4n) is 2.33. The predicted molar refractivity (Wildman–Crippen MR) is 92.4 cm³/mol. The minimum atomic E-state index is -0.915. The molecule has 0 aliphatic carbocycles. The maximum Gasteiger partial charge on any atom is 0.224 e.